The lowest BCUT2D eigenvalue weighted by Gasteiger charge is -2.30. The maximum Gasteiger partial charge on any atom is 0.242 e. The highest BCUT2D eigenvalue weighted by molar-refractivity contribution is 5.87. The topological polar surface area (TPSA) is 53.2 Å². The highest BCUT2D eigenvalue weighted by Crippen LogP contribution is 2.38. The van der Waals surface area contributed by atoms with Gasteiger partial charge in [-0.25, -0.2) is 0 Å². The molecule has 4 nitrogen and oxygen atoms in total. The van der Waals surface area contributed by atoms with Crippen LogP contribution in [0.1, 0.15) is 23.1 Å². The van der Waals surface area contributed by atoms with Crippen LogP contribution < -0.4 is 16.0 Å². The van der Waals surface area contributed by atoms with Gasteiger partial charge >= 0.3 is 0 Å². The van der Waals surface area contributed by atoms with Crippen molar-refractivity contribution in [3.05, 3.63) is 65.2 Å². The maximum absolute atomic E-state index is 11.9. The number of amides is 1. The van der Waals surface area contributed by atoms with Crippen LogP contribution in [0.5, 0.6) is 0 Å². The molecule has 0 aliphatic carbocycles. The Balaban J connectivity index is 1.63. The van der Waals surface area contributed by atoms with Gasteiger partial charge in [-0.2, -0.15) is 0 Å². The summed E-state index contributed by atoms with van der Waals surface area (Å²) in [4.78, 5) is 11.9. The minimum absolute atomic E-state index is 0.0549. The van der Waals surface area contributed by atoms with E-state index < -0.39 is 0 Å². The molecule has 0 spiro atoms. The van der Waals surface area contributed by atoms with Crippen molar-refractivity contribution in [2.24, 2.45) is 0 Å². The molecule has 1 amide bonds. The van der Waals surface area contributed by atoms with Crippen molar-refractivity contribution in [1.29, 1.82) is 0 Å². The Hall–Kier alpha value is -2.33. The minimum atomic E-state index is -0.151. The van der Waals surface area contributed by atoms with E-state index in [4.69, 9.17) is 0 Å². The van der Waals surface area contributed by atoms with Crippen molar-refractivity contribution >= 4 is 11.6 Å². The molecule has 1 fully saturated rings. The van der Waals surface area contributed by atoms with Gasteiger partial charge in [0.25, 0.3) is 0 Å². The summed E-state index contributed by atoms with van der Waals surface area (Å²) in [5, 5.41) is 9.63. The van der Waals surface area contributed by atoms with Gasteiger partial charge in [0, 0.05) is 31.1 Å². The molecule has 2 unspecified atom stereocenters. The Morgan fingerprint density at radius 1 is 1.24 bits per heavy atom. The third kappa shape index (κ3) is 3.02. The molecule has 0 bridgehead atoms. The van der Waals surface area contributed by atoms with Crippen molar-refractivity contribution in [3.63, 3.8) is 0 Å². The molecule has 2 atom stereocenters. The van der Waals surface area contributed by atoms with Gasteiger partial charge in [-0.3, -0.25) is 4.79 Å². The number of likely N-dealkylation sites (N-methyl/N-ethyl adjacent to an activating group) is 1. The third-order valence-electron chi connectivity index (χ3n) is 5.66. The third-order valence-corrected chi connectivity index (χ3v) is 5.66. The lowest BCUT2D eigenvalue weighted by Crippen LogP contribution is -2.36. The molecular formula is C21H25N3O. The number of benzene rings is 2. The molecule has 3 N–H and O–H groups in total. The molecule has 4 heteroatoms. The monoisotopic (exact) mass is 335 g/mol. The number of anilines is 1. The Bertz CT molecular complexity index is 766. The molecule has 130 valence electrons. The van der Waals surface area contributed by atoms with E-state index >= 15 is 0 Å². The van der Waals surface area contributed by atoms with Crippen LogP contribution in [0.4, 0.5) is 5.69 Å². The van der Waals surface area contributed by atoms with E-state index in [1.165, 1.54) is 16.7 Å². The summed E-state index contributed by atoms with van der Waals surface area (Å²) < 4.78 is 0. The smallest absolute Gasteiger partial charge is 0.242 e. The number of carbonyl (C=O) groups is 1. The molecule has 2 aliphatic rings. The summed E-state index contributed by atoms with van der Waals surface area (Å²) in [7, 11) is 1.69. The van der Waals surface area contributed by atoms with Crippen LogP contribution in [0.15, 0.2) is 48.5 Å². The molecule has 4 rings (SSSR count). The molecule has 1 saturated heterocycles. The van der Waals surface area contributed by atoms with Crippen molar-refractivity contribution in [2.45, 2.75) is 30.7 Å². The van der Waals surface area contributed by atoms with E-state index in [0.717, 1.165) is 38.0 Å². The molecule has 2 heterocycles. The molecule has 2 aliphatic heterocycles. The van der Waals surface area contributed by atoms with Gasteiger partial charge in [0.2, 0.25) is 5.91 Å². The Morgan fingerprint density at radius 2 is 2.08 bits per heavy atom. The Labute approximate surface area is 149 Å². The SMILES string of the molecule is CNC(=O)C1Cc2cc(C3(Cc4ccccc4)CCNC3)ccc2N1. The van der Waals surface area contributed by atoms with Crippen molar-refractivity contribution in [2.75, 3.05) is 25.5 Å². The minimum Gasteiger partial charge on any atom is -0.373 e. The summed E-state index contributed by atoms with van der Waals surface area (Å²) in [6.07, 6.45) is 2.95. The van der Waals surface area contributed by atoms with Crippen LogP contribution in [-0.4, -0.2) is 32.1 Å². The zero-order chi connectivity index (χ0) is 17.3. The normalized spacial score (nSPS) is 24.6. The molecule has 0 saturated carbocycles. The molecule has 2 aromatic carbocycles. The first-order valence-corrected chi connectivity index (χ1v) is 9.06. The summed E-state index contributed by atoms with van der Waals surface area (Å²) in [5.74, 6) is 0.0549. The van der Waals surface area contributed by atoms with Gasteiger partial charge in [-0.1, -0.05) is 42.5 Å². The van der Waals surface area contributed by atoms with Crippen molar-refractivity contribution in [3.8, 4) is 0 Å². The average Bonchev–Trinajstić information content (AvgIpc) is 3.28. The zero-order valence-corrected chi connectivity index (χ0v) is 14.6. The van der Waals surface area contributed by atoms with E-state index in [-0.39, 0.29) is 17.4 Å². The van der Waals surface area contributed by atoms with Crippen LogP contribution in [-0.2, 0) is 23.1 Å². The lowest BCUT2D eigenvalue weighted by molar-refractivity contribution is -0.121. The predicted octanol–water partition coefficient (Wildman–Crippen LogP) is 2.24. The fourth-order valence-electron chi connectivity index (χ4n) is 4.25. The van der Waals surface area contributed by atoms with Crippen LogP contribution in [0, 0.1) is 0 Å². The first kappa shape index (κ1) is 16.2. The van der Waals surface area contributed by atoms with Crippen molar-refractivity contribution in [1.82, 2.24) is 10.6 Å². The van der Waals surface area contributed by atoms with Crippen LogP contribution >= 0.6 is 0 Å². The zero-order valence-electron chi connectivity index (χ0n) is 14.6. The number of hydrogen-bond donors (Lipinski definition) is 3. The first-order valence-electron chi connectivity index (χ1n) is 9.06. The predicted molar refractivity (Wildman–Crippen MR) is 101 cm³/mol. The van der Waals surface area contributed by atoms with E-state index in [0.29, 0.717) is 0 Å². The highest BCUT2D eigenvalue weighted by Gasteiger charge is 2.37. The average molecular weight is 335 g/mol. The second kappa shape index (κ2) is 6.52. The van der Waals surface area contributed by atoms with Gasteiger partial charge in [0.05, 0.1) is 0 Å². The molecule has 0 radical (unpaired) electrons. The van der Waals surface area contributed by atoms with Crippen LogP contribution in [0.2, 0.25) is 0 Å². The van der Waals surface area contributed by atoms with Gasteiger partial charge < -0.3 is 16.0 Å². The second-order valence-corrected chi connectivity index (χ2v) is 7.26. The largest absolute Gasteiger partial charge is 0.373 e. The van der Waals surface area contributed by atoms with Gasteiger partial charge in [-0.15, -0.1) is 0 Å². The summed E-state index contributed by atoms with van der Waals surface area (Å²) in [6.45, 7) is 2.07. The van der Waals surface area contributed by atoms with E-state index in [1.54, 1.807) is 7.05 Å². The molecule has 25 heavy (non-hydrogen) atoms. The van der Waals surface area contributed by atoms with Gasteiger partial charge in [0.1, 0.15) is 6.04 Å². The van der Waals surface area contributed by atoms with Gasteiger partial charge in [0.15, 0.2) is 0 Å². The standard InChI is InChI=1S/C21H25N3O/c1-22-20(25)19-12-16-11-17(7-8-18(16)24-19)21(9-10-23-14-21)13-15-5-3-2-4-6-15/h2-8,11,19,23-24H,9-10,12-14H2,1H3,(H,22,25). The highest BCUT2D eigenvalue weighted by atomic mass is 16.2. The van der Waals surface area contributed by atoms with E-state index in [2.05, 4.69) is 64.5 Å². The van der Waals surface area contributed by atoms with E-state index in [9.17, 15) is 4.79 Å². The summed E-state index contributed by atoms with van der Waals surface area (Å²) >= 11 is 0. The molecular weight excluding hydrogens is 310 g/mol. The number of rotatable bonds is 4. The molecule has 0 aromatic heterocycles. The number of hydrogen-bond acceptors (Lipinski definition) is 3. The quantitative estimate of drug-likeness (QED) is 0.803. The second-order valence-electron chi connectivity index (χ2n) is 7.26. The van der Waals surface area contributed by atoms with Crippen molar-refractivity contribution < 1.29 is 4.79 Å². The molecule has 2 aromatic rings. The number of carbonyl (C=O) groups excluding carboxylic acids is 1. The maximum atomic E-state index is 11.9. The van der Waals surface area contributed by atoms with Crippen LogP contribution in [0.25, 0.3) is 0 Å². The summed E-state index contributed by atoms with van der Waals surface area (Å²) in [6, 6.07) is 17.3. The first-order chi connectivity index (χ1) is 12.2. The van der Waals surface area contributed by atoms with Gasteiger partial charge in [-0.05, 0) is 42.1 Å². The fourth-order valence-corrected chi connectivity index (χ4v) is 4.25. The fraction of sp³-hybridized carbons (Fsp3) is 0.381. The number of fused-ring (bicyclic) bond motifs is 1. The summed E-state index contributed by atoms with van der Waals surface area (Å²) in [5.41, 5.74) is 5.26. The Morgan fingerprint density at radius 3 is 2.80 bits per heavy atom. The lowest BCUT2D eigenvalue weighted by atomic mass is 9.74. The van der Waals surface area contributed by atoms with E-state index in [1.807, 2.05) is 0 Å². The van der Waals surface area contributed by atoms with Crippen LogP contribution in [0.3, 0.4) is 0 Å². The Kier molecular flexibility index (Phi) is 4.22. The number of nitrogens with one attached hydrogen (secondary N) is 3.